The summed E-state index contributed by atoms with van der Waals surface area (Å²) in [5.41, 5.74) is 0. The van der Waals surface area contributed by atoms with Gasteiger partial charge in [0, 0.05) is 12.8 Å². The topological polar surface area (TPSA) is 108 Å². The van der Waals surface area contributed by atoms with Gasteiger partial charge in [-0.1, -0.05) is 264 Å². The van der Waals surface area contributed by atoms with Crippen molar-refractivity contribution in [1.29, 1.82) is 0 Å². The first-order valence-electron chi connectivity index (χ1n) is 31.7. The highest BCUT2D eigenvalue weighted by molar-refractivity contribution is 5.71. The van der Waals surface area contributed by atoms with Gasteiger partial charge in [0.1, 0.15) is 13.2 Å². The highest BCUT2D eigenvalue weighted by atomic mass is 16.7. The van der Waals surface area contributed by atoms with E-state index >= 15 is 0 Å². The maximum absolute atomic E-state index is 12.9. The number of carboxylic acids is 1. The van der Waals surface area contributed by atoms with Crippen molar-refractivity contribution in [2.75, 3.05) is 47.5 Å². The van der Waals surface area contributed by atoms with Crippen LogP contribution < -0.4 is 0 Å². The van der Waals surface area contributed by atoms with Gasteiger partial charge in [-0.05, 0) is 89.9 Å². The lowest BCUT2D eigenvalue weighted by Crippen LogP contribution is -2.40. The SMILES string of the molecule is CC/C=C\C/C=C\C/C=C\C/C=C\C/C=C\C/C=C\C/C=C\C/C=C\C/C=C\C/C=C\CCCCCCC(=O)OC(COC(=O)CCCCCCCCCCCCCCCCCCCCC)COC(OCC[N+](C)(C)C)C(=O)O. The Labute approximate surface area is 485 Å². The monoisotopic (exact) mass is 1100 g/mol. The maximum atomic E-state index is 12.9. The van der Waals surface area contributed by atoms with Crippen LogP contribution in [0.2, 0.25) is 0 Å². The predicted octanol–water partition coefficient (Wildman–Crippen LogP) is 19.2. The number of nitrogens with zero attached hydrogens (tertiary/aromatic N) is 1. The second kappa shape index (κ2) is 59.8. The van der Waals surface area contributed by atoms with E-state index in [1.807, 2.05) is 21.1 Å². The Morgan fingerprint density at radius 2 is 0.722 bits per heavy atom. The molecule has 0 aromatic heterocycles. The van der Waals surface area contributed by atoms with Crippen molar-refractivity contribution in [3.63, 3.8) is 0 Å². The average molecular weight is 1100 g/mol. The van der Waals surface area contributed by atoms with E-state index in [1.54, 1.807) is 0 Å². The quantitative estimate of drug-likeness (QED) is 0.0211. The van der Waals surface area contributed by atoms with Gasteiger partial charge in [-0.25, -0.2) is 4.79 Å². The third-order valence-corrected chi connectivity index (χ3v) is 13.2. The second-order valence-electron chi connectivity index (χ2n) is 22.0. The largest absolute Gasteiger partial charge is 0.477 e. The molecular formula is C70H118NO8+. The van der Waals surface area contributed by atoms with E-state index in [0.29, 0.717) is 23.9 Å². The van der Waals surface area contributed by atoms with Crippen molar-refractivity contribution in [1.82, 2.24) is 0 Å². The van der Waals surface area contributed by atoms with Crippen molar-refractivity contribution in [2.24, 2.45) is 0 Å². The number of esters is 2. The first kappa shape index (κ1) is 74.7. The van der Waals surface area contributed by atoms with Crippen molar-refractivity contribution < 1.29 is 42.9 Å². The molecule has 0 aliphatic heterocycles. The first-order valence-corrected chi connectivity index (χ1v) is 31.7. The van der Waals surface area contributed by atoms with Crippen LogP contribution >= 0.6 is 0 Å². The molecule has 2 unspecified atom stereocenters. The van der Waals surface area contributed by atoms with E-state index in [0.717, 1.165) is 109 Å². The smallest absolute Gasteiger partial charge is 0.361 e. The molecule has 2 atom stereocenters. The number of likely N-dealkylation sites (N-methyl/N-ethyl adjacent to an activating group) is 1. The Bertz CT molecular complexity index is 1710. The van der Waals surface area contributed by atoms with Gasteiger partial charge in [-0.15, -0.1) is 0 Å². The van der Waals surface area contributed by atoms with Gasteiger partial charge >= 0.3 is 17.9 Å². The molecule has 0 aromatic carbocycles. The molecule has 0 saturated carbocycles. The maximum Gasteiger partial charge on any atom is 0.361 e. The van der Waals surface area contributed by atoms with Crippen LogP contribution in [-0.2, 0) is 33.3 Å². The van der Waals surface area contributed by atoms with Gasteiger partial charge in [-0.2, -0.15) is 0 Å². The summed E-state index contributed by atoms with van der Waals surface area (Å²) >= 11 is 0. The van der Waals surface area contributed by atoms with Crippen molar-refractivity contribution >= 4 is 17.9 Å². The fourth-order valence-corrected chi connectivity index (χ4v) is 8.39. The highest BCUT2D eigenvalue weighted by Gasteiger charge is 2.25. The number of rotatable bonds is 57. The van der Waals surface area contributed by atoms with Crippen LogP contribution in [0.25, 0.3) is 0 Å². The number of carbonyl (C=O) groups excluding carboxylic acids is 2. The summed E-state index contributed by atoms with van der Waals surface area (Å²) in [5.74, 6) is -2.04. The molecule has 0 bridgehead atoms. The summed E-state index contributed by atoms with van der Waals surface area (Å²) in [6.45, 7) is 4.74. The number of carboxylic acid groups (broad SMARTS) is 1. The lowest BCUT2D eigenvalue weighted by Gasteiger charge is -2.25. The number of unbranched alkanes of at least 4 members (excludes halogenated alkanes) is 22. The molecule has 1 N–H and O–H groups in total. The summed E-state index contributed by atoms with van der Waals surface area (Å²) < 4.78 is 22.9. The summed E-state index contributed by atoms with van der Waals surface area (Å²) in [6, 6.07) is 0. The zero-order chi connectivity index (χ0) is 57.6. The number of hydrogen-bond acceptors (Lipinski definition) is 7. The third-order valence-electron chi connectivity index (χ3n) is 13.2. The minimum Gasteiger partial charge on any atom is -0.477 e. The minimum atomic E-state index is -1.52. The van der Waals surface area contributed by atoms with Gasteiger partial charge in [0.05, 0.1) is 34.4 Å². The fourth-order valence-electron chi connectivity index (χ4n) is 8.39. The Balaban J connectivity index is 4.28. The van der Waals surface area contributed by atoms with Crippen LogP contribution in [0.15, 0.2) is 122 Å². The molecule has 9 nitrogen and oxygen atoms in total. The summed E-state index contributed by atoms with van der Waals surface area (Å²) in [4.78, 5) is 37.5. The lowest BCUT2D eigenvalue weighted by atomic mass is 10.0. The van der Waals surface area contributed by atoms with Gasteiger partial charge < -0.3 is 28.5 Å². The molecule has 0 radical (unpaired) electrons. The van der Waals surface area contributed by atoms with Crippen molar-refractivity contribution in [3.8, 4) is 0 Å². The van der Waals surface area contributed by atoms with E-state index in [-0.39, 0.29) is 32.2 Å². The molecule has 0 amide bonds. The molecule has 0 aliphatic carbocycles. The van der Waals surface area contributed by atoms with Crippen LogP contribution in [0.3, 0.4) is 0 Å². The Morgan fingerprint density at radius 3 is 1.08 bits per heavy atom. The average Bonchev–Trinajstić information content (AvgIpc) is 3.42. The number of hydrogen-bond donors (Lipinski definition) is 1. The molecule has 0 heterocycles. The summed E-state index contributed by atoms with van der Waals surface area (Å²) in [7, 11) is 5.96. The van der Waals surface area contributed by atoms with Crippen molar-refractivity contribution in [3.05, 3.63) is 122 Å². The lowest BCUT2D eigenvalue weighted by molar-refractivity contribution is -0.870. The second-order valence-corrected chi connectivity index (χ2v) is 22.0. The molecule has 0 rings (SSSR count). The number of carbonyl (C=O) groups is 3. The van der Waals surface area contributed by atoms with Crippen LogP contribution in [0, 0.1) is 0 Å². The van der Waals surface area contributed by atoms with Crippen LogP contribution in [0.5, 0.6) is 0 Å². The molecule has 0 aliphatic rings. The normalized spacial score (nSPS) is 13.6. The Hall–Kier alpha value is -4.31. The highest BCUT2D eigenvalue weighted by Crippen LogP contribution is 2.16. The number of allylic oxidation sites excluding steroid dienone is 20. The Kier molecular flexibility index (Phi) is 56.5. The van der Waals surface area contributed by atoms with E-state index in [9.17, 15) is 19.5 Å². The number of aliphatic carboxylic acids is 1. The molecule has 79 heavy (non-hydrogen) atoms. The molecule has 0 spiro atoms. The summed E-state index contributed by atoms with van der Waals surface area (Å²) in [6.07, 6.45) is 81.4. The predicted molar refractivity (Wildman–Crippen MR) is 336 cm³/mol. The van der Waals surface area contributed by atoms with E-state index in [2.05, 4.69) is 135 Å². The molecule has 0 aromatic rings. The van der Waals surface area contributed by atoms with Gasteiger partial charge in [-0.3, -0.25) is 9.59 Å². The van der Waals surface area contributed by atoms with Gasteiger partial charge in [0.2, 0.25) is 0 Å². The zero-order valence-corrected chi connectivity index (χ0v) is 51.2. The molecule has 450 valence electrons. The first-order chi connectivity index (χ1) is 38.6. The number of quaternary nitrogens is 1. The van der Waals surface area contributed by atoms with Crippen LogP contribution in [-0.4, -0.2) is 87.4 Å². The Morgan fingerprint density at radius 1 is 0.392 bits per heavy atom. The molecular weight excluding hydrogens is 983 g/mol. The fraction of sp³-hybridized carbons (Fsp3) is 0.671. The number of ether oxygens (including phenoxy) is 4. The van der Waals surface area contributed by atoms with Gasteiger partial charge in [0.15, 0.2) is 6.10 Å². The van der Waals surface area contributed by atoms with Crippen LogP contribution in [0.4, 0.5) is 0 Å². The molecule has 9 heteroatoms. The third kappa shape index (κ3) is 61.2. The zero-order valence-electron chi connectivity index (χ0n) is 51.2. The standard InChI is InChI=1S/C70H117NO8/c1-6-8-10-12-14-16-18-20-22-24-26-27-28-29-30-31-32-33-34-35-36-37-38-39-40-41-43-45-47-49-51-53-55-57-59-61-68(73)79-66(65-78-70(69(74)75)76-63-62-71(3,4)5)64-77-67(72)60-58-56-54-52-50-48-46-44-42-25-23-21-19-17-15-13-11-9-7-2/h8,10,14,16,20,22,26-27,29-30,32-33,35-36,38-39,41,43,47,49,66,70H,6-7,9,11-13,15,17-19,21,23-25,28,31,34,37,40,42,44-46,48,50-65H2,1-5H3/p+1/b10-8-,16-14-,22-20-,27-26-,30-29-,33-32-,36-35-,39-38-,43-41-,49-47-. The van der Waals surface area contributed by atoms with E-state index in [1.165, 1.54) is 103 Å². The van der Waals surface area contributed by atoms with E-state index < -0.39 is 24.3 Å². The van der Waals surface area contributed by atoms with Gasteiger partial charge in [0.25, 0.3) is 6.29 Å². The van der Waals surface area contributed by atoms with Crippen LogP contribution in [0.1, 0.15) is 245 Å². The van der Waals surface area contributed by atoms with Crippen molar-refractivity contribution in [2.45, 2.75) is 257 Å². The minimum absolute atomic E-state index is 0.177. The molecule has 0 fully saturated rings. The molecule has 0 saturated heterocycles. The van der Waals surface area contributed by atoms with E-state index in [4.69, 9.17) is 18.9 Å². The summed E-state index contributed by atoms with van der Waals surface area (Å²) in [5, 5.41) is 9.72.